The topological polar surface area (TPSA) is 70.1 Å². The number of alkyl halides is 3. The van der Waals surface area contributed by atoms with Crippen molar-refractivity contribution in [1.82, 2.24) is 9.80 Å². The summed E-state index contributed by atoms with van der Waals surface area (Å²) in [6.07, 6.45) is -2.86. The predicted molar refractivity (Wildman–Crippen MR) is 112 cm³/mol. The summed E-state index contributed by atoms with van der Waals surface area (Å²) in [4.78, 5) is 27.3. The van der Waals surface area contributed by atoms with Crippen molar-refractivity contribution in [2.45, 2.75) is 39.4 Å². The zero-order chi connectivity index (χ0) is 23.2. The van der Waals surface area contributed by atoms with Crippen LogP contribution in [0.2, 0.25) is 0 Å². The van der Waals surface area contributed by atoms with Crippen molar-refractivity contribution in [3.8, 4) is 0 Å². The second-order valence-electron chi connectivity index (χ2n) is 8.55. The first-order valence-electron chi connectivity index (χ1n) is 10.3. The van der Waals surface area contributed by atoms with Gasteiger partial charge in [-0.25, -0.2) is 4.79 Å². The Morgan fingerprint density at radius 3 is 2.39 bits per heavy atom. The first-order valence-corrected chi connectivity index (χ1v) is 11.2. The Kier molecular flexibility index (Phi) is 8.91. The Morgan fingerprint density at radius 1 is 1.32 bits per heavy atom. The van der Waals surface area contributed by atoms with Crippen LogP contribution in [0.15, 0.2) is 17.5 Å². The summed E-state index contributed by atoms with van der Waals surface area (Å²) in [5, 5.41) is 9.28. The quantitative estimate of drug-likeness (QED) is 0.719. The van der Waals surface area contributed by atoms with Gasteiger partial charge in [-0.05, 0) is 29.7 Å². The van der Waals surface area contributed by atoms with Crippen LogP contribution in [0.25, 0.3) is 0 Å². The van der Waals surface area contributed by atoms with Crippen molar-refractivity contribution in [2.24, 2.45) is 17.3 Å². The molecule has 1 atom stereocenters. The number of piperidine rings is 1. The van der Waals surface area contributed by atoms with Gasteiger partial charge in [0.15, 0.2) is 0 Å². The number of methoxy groups -OCH3 is 1. The summed E-state index contributed by atoms with van der Waals surface area (Å²) in [7, 11) is 1.81. The van der Waals surface area contributed by atoms with Crippen LogP contribution in [-0.4, -0.2) is 72.9 Å². The van der Waals surface area contributed by atoms with Crippen molar-refractivity contribution in [3.63, 3.8) is 0 Å². The van der Waals surface area contributed by atoms with Crippen molar-refractivity contribution in [1.29, 1.82) is 0 Å². The standard InChI is InChI=1S/C19H30N2O2S.C2HF3O2/c1-15(2)18(22)21-8-6-19(7-9-21)14-20(11-16(19)13-23-3)12-17-5-4-10-24-17;3-2(4,5)1(6)7/h4-5,10,15-16H,6-9,11-14H2,1-3H3;(H,6,7). The smallest absolute Gasteiger partial charge is 0.475 e. The number of amides is 1. The number of carboxylic acid groups (broad SMARTS) is 1. The molecule has 10 heteroatoms. The summed E-state index contributed by atoms with van der Waals surface area (Å²) in [5.74, 6) is -1.76. The van der Waals surface area contributed by atoms with Crippen molar-refractivity contribution < 1.29 is 32.6 Å². The fraction of sp³-hybridized carbons (Fsp3) is 0.714. The fourth-order valence-corrected chi connectivity index (χ4v) is 5.17. The van der Waals surface area contributed by atoms with Gasteiger partial charge in [-0.2, -0.15) is 13.2 Å². The van der Waals surface area contributed by atoms with Gasteiger partial charge in [-0.15, -0.1) is 11.3 Å². The van der Waals surface area contributed by atoms with Crippen LogP contribution >= 0.6 is 11.3 Å². The third kappa shape index (κ3) is 6.92. The lowest BCUT2D eigenvalue weighted by molar-refractivity contribution is -0.192. The number of ether oxygens (including phenoxy) is 1. The number of hydrogen-bond donors (Lipinski definition) is 1. The highest BCUT2D eigenvalue weighted by Gasteiger charge is 2.48. The molecule has 1 aromatic rings. The van der Waals surface area contributed by atoms with Gasteiger partial charge in [-0.3, -0.25) is 9.69 Å². The zero-order valence-electron chi connectivity index (χ0n) is 18.2. The maximum atomic E-state index is 12.3. The highest BCUT2D eigenvalue weighted by atomic mass is 32.1. The average Bonchev–Trinajstić information content (AvgIpc) is 3.31. The van der Waals surface area contributed by atoms with Crippen LogP contribution in [0.4, 0.5) is 13.2 Å². The van der Waals surface area contributed by atoms with Gasteiger partial charge in [0.2, 0.25) is 5.91 Å². The molecule has 0 saturated carbocycles. The molecule has 0 radical (unpaired) electrons. The molecule has 31 heavy (non-hydrogen) atoms. The third-order valence-corrected chi connectivity index (χ3v) is 6.88. The van der Waals surface area contributed by atoms with E-state index in [1.807, 2.05) is 32.3 Å². The second-order valence-corrected chi connectivity index (χ2v) is 9.58. The lowest BCUT2D eigenvalue weighted by Gasteiger charge is -2.43. The lowest BCUT2D eigenvalue weighted by atomic mass is 9.71. The summed E-state index contributed by atoms with van der Waals surface area (Å²) in [5.41, 5.74) is 0.320. The van der Waals surface area contributed by atoms with Crippen LogP contribution in [0.1, 0.15) is 31.6 Å². The van der Waals surface area contributed by atoms with E-state index in [4.69, 9.17) is 14.6 Å². The number of aliphatic carboxylic acids is 1. The number of carbonyl (C=O) groups is 2. The number of nitrogens with zero attached hydrogens (tertiary/aromatic N) is 2. The number of carbonyl (C=O) groups excluding carboxylic acids is 1. The van der Waals surface area contributed by atoms with Gasteiger partial charge < -0.3 is 14.7 Å². The van der Waals surface area contributed by atoms with Gasteiger partial charge >= 0.3 is 12.1 Å². The molecule has 0 aromatic carbocycles. The monoisotopic (exact) mass is 464 g/mol. The molecular formula is C21H31F3N2O4S. The van der Waals surface area contributed by atoms with Crippen LogP contribution in [0, 0.1) is 17.3 Å². The summed E-state index contributed by atoms with van der Waals surface area (Å²) in [6.45, 7) is 9.95. The van der Waals surface area contributed by atoms with Gasteiger partial charge in [-0.1, -0.05) is 19.9 Å². The lowest BCUT2D eigenvalue weighted by Crippen LogP contribution is -2.48. The Bertz CT molecular complexity index is 717. The Labute approximate surface area is 185 Å². The van der Waals surface area contributed by atoms with Crippen molar-refractivity contribution >= 4 is 23.2 Å². The molecule has 0 bridgehead atoms. The Balaban J connectivity index is 0.000000423. The van der Waals surface area contributed by atoms with Crippen LogP contribution < -0.4 is 0 Å². The van der Waals surface area contributed by atoms with E-state index < -0.39 is 12.1 Å². The number of carboxylic acids is 1. The molecule has 1 unspecified atom stereocenters. The van der Waals surface area contributed by atoms with E-state index >= 15 is 0 Å². The summed E-state index contributed by atoms with van der Waals surface area (Å²) >= 11 is 1.84. The second kappa shape index (κ2) is 10.8. The molecule has 1 amide bonds. The molecule has 2 fully saturated rings. The van der Waals surface area contributed by atoms with Gasteiger partial charge in [0, 0.05) is 56.5 Å². The normalized spacial score (nSPS) is 21.3. The third-order valence-electron chi connectivity index (χ3n) is 6.02. The van der Waals surface area contributed by atoms with Crippen LogP contribution in [0.3, 0.4) is 0 Å². The number of thiophene rings is 1. The van der Waals surface area contributed by atoms with E-state index in [1.54, 1.807) is 0 Å². The minimum absolute atomic E-state index is 0.104. The average molecular weight is 465 g/mol. The number of likely N-dealkylation sites (tertiary alicyclic amines) is 2. The number of hydrogen-bond acceptors (Lipinski definition) is 5. The van der Waals surface area contributed by atoms with E-state index in [0.717, 1.165) is 52.2 Å². The largest absolute Gasteiger partial charge is 0.490 e. The highest BCUT2D eigenvalue weighted by molar-refractivity contribution is 7.09. The molecule has 3 rings (SSSR count). The van der Waals surface area contributed by atoms with Crippen LogP contribution in [0.5, 0.6) is 0 Å². The zero-order valence-corrected chi connectivity index (χ0v) is 19.0. The van der Waals surface area contributed by atoms with E-state index in [1.165, 1.54) is 4.88 Å². The number of rotatable bonds is 5. The van der Waals surface area contributed by atoms with E-state index in [9.17, 15) is 18.0 Å². The maximum Gasteiger partial charge on any atom is 0.490 e. The minimum atomic E-state index is -5.08. The van der Waals surface area contributed by atoms with Crippen molar-refractivity contribution in [2.75, 3.05) is 39.9 Å². The molecule has 1 N–H and O–H groups in total. The van der Waals surface area contributed by atoms with Gasteiger partial charge in [0.05, 0.1) is 6.61 Å². The molecule has 0 aliphatic carbocycles. The maximum absolute atomic E-state index is 12.3. The first-order chi connectivity index (χ1) is 14.5. The van der Waals surface area contributed by atoms with Gasteiger partial charge in [0.1, 0.15) is 0 Å². The van der Waals surface area contributed by atoms with E-state index in [0.29, 0.717) is 17.2 Å². The number of halogens is 3. The molecule has 2 aliphatic rings. The predicted octanol–water partition coefficient (Wildman–Crippen LogP) is 3.72. The first kappa shape index (κ1) is 25.6. The van der Waals surface area contributed by atoms with E-state index in [2.05, 4.69) is 27.3 Å². The van der Waals surface area contributed by atoms with Gasteiger partial charge in [0.25, 0.3) is 0 Å². The molecule has 2 saturated heterocycles. The van der Waals surface area contributed by atoms with Crippen molar-refractivity contribution in [3.05, 3.63) is 22.4 Å². The van der Waals surface area contributed by atoms with Crippen LogP contribution in [-0.2, 0) is 20.9 Å². The molecule has 2 aliphatic heterocycles. The molecule has 176 valence electrons. The van der Waals surface area contributed by atoms with E-state index in [-0.39, 0.29) is 5.92 Å². The fourth-order valence-electron chi connectivity index (χ4n) is 4.42. The molecule has 1 spiro atoms. The minimum Gasteiger partial charge on any atom is -0.475 e. The summed E-state index contributed by atoms with van der Waals surface area (Å²) < 4.78 is 37.3. The Morgan fingerprint density at radius 2 is 1.94 bits per heavy atom. The Hall–Kier alpha value is -1.65. The summed E-state index contributed by atoms with van der Waals surface area (Å²) in [6, 6.07) is 4.36. The molecule has 1 aromatic heterocycles. The molecule has 3 heterocycles. The highest BCUT2D eigenvalue weighted by Crippen LogP contribution is 2.45. The molecule has 6 nitrogen and oxygen atoms in total. The SMILES string of the molecule is COCC1CN(Cc2cccs2)CC12CCN(C(=O)C(C)C)CC2.O=C(O)C(F)(F)F. The molecular weight excluding hydrogens is 433 g/mol.